The van der Waals surface area contributed by atoms with Crippen molar-refractivity contribution in [2.75, 3.05) is 24.1 Å². The minimum atomic E-state index is -0.825. The van der Waals surface area contributed by atoms with E-state index in [0.29, 0.717) is 30.8 Å². The van der Waals surface area contributed by atoms with Crippen molar-refractivity contribution in [3.05, 3.63) is 41.6 Å². The van der Waals surface area contributed by atoms with Gasteiger partial charge in [-0.05, 0) is 63.0 Å². The van der Waals surface area contributed by atoms with E-state index in [0.717, 1.165) is 30.4 Å². The van der Waals surface area contributed by atoms with Crippen LogP contribution in [0, 0.1) is 0 Å². The molecule has 1 fully saturated rings. The summed E-state index contributed by atoms with van der Waals surface area (Å²) in [5, 5.41) is 6.97. The smallest absolute Gasteiger partial charge is 0.443 e. The summed E-state index contributed by atoms with van der Waals surface area (Å²) in [5.74, 6) is 0.137. The summed E-state index contributed by atoms with van der Waals surface area (Å²) >= 11 is 0. The quantitative estimate of drug-likeness (QED) is 0.222. The summed E-state index contributed by atoms with van der Waals surface area (Å²) in [7, 11) is 0. The fourth-order valence-corrected chi connectivity index (χ4v) is 4.82. The number of para-hydroxylation sites is 1. The summed E-state index contributed by atoms with van der Waals surface area (Å²) in [5.41, 5.74) is 8.20. The maximum Gasteiger partial charge on any atom is 0.453 e. The first kappa shape index (κ1) is 27.9. The van der Waals surface area contributed by atoms with Crippen LogP contribution in [0.2, 0.25) is 0 Å². The van der Waals surface area contributed by atoms with E-state index in [1.165, 1.54) is 4.52 Å². The van der Waals surface area contributed by atoms with Crippen LogP contribution in [0.4, 0.5) is 21.2 Å². The Morgan fingerprint density at radius 2 is 1.79 bits per heavy atom. The zero-order valence-corrected chi connectivity index (χ0v) is 23.1. The molecule has 4 rings (SSSR count). The van der Waals surface area contributed by atoms with Gasteiger partial charge in [0, 0.05) is 24.3 Å². The third-order valence-electron chi connectivity index (χ3n) is 6.71. The molecular formula is C27H37N7O5. The van der Waals surface area contributed by atoms with E-state index in [1.807, 2.05) is 58.9 Å². The van der Waals surface area contributed by atoms with Crippen molar-refractivity contribution >= 4 is 29.5 Å². The number of ether oxygens (including phenoxy) is 1. The number of amides is 2. The second-order valence-corrected chi connectivity index (χ2v) is 10.8. The fourth-order valence-electron chi connectivity index (χ4n) is 4.82. The van der Waals surface area contributed by atoms with E-state index in [2.05, 4.69) is 20.4 Å². The van der Waals surface area contributed by atoms with Crippen molar-refractivity contribution in [1.29, 1.82) is 0 Å². The molecular weight excluding hydrogens is 502 g/mol. The number of nitrogens with one attached hydrogen (secondary N) is 1. The van der Waals surface area contributed by atoms with Crippen LogP contribution in [0.5, 0.6) is 6.01 Å². The Kier molecular flexibility index (Phi) is 8.41. The summed E-state index contributed by atoms with van der Waals surface area (Å²) in [6.45, 7) is 10.9. The van der Waals surface area contributed by atoms with Crippen LogP contribution < -0.4 is 15.9 Å². The predicted octanol–water partition coefficient (Wildman–Crippen LogP) is 5.27. The van der Waals surface area contributed by atoms with Crippen LogP contribution in [0.1, 0.15) is 83.3 Å². The highest BCUT2D eigenvalue weighted by Crippen LogP contribution is 2.31. The number of likely N-dealkylation sites (tertiary alicyclic amines) is 1. The summed E-state index contributed by atoms with van der Waals surface area (Å²) in [4.78, 5) is 45.8. The van der Waals surface area contributed by atoms with Crippen molar-refractivity contribution in [1.82, 2.24) is 24.5 Å². The first-order valence-electron chi connectivity index (χ1n) is 13.3. The van der Waals surface area contributed by atoms with Crippen LogP contribution in [0.25, 0.3) is 5.65 Å². The van der Waals surface area contributed by atoms with Gasteiger partial charge in [-0.2, -0.15) is 19.6 Å². The number of anilines is 2. The standard InChI is InChI=1S/C27H37N7O5/c1-17(2)20-16-29-34-22(20)30-24(38-39-26(36)33-13-9-6-10-14-33)31-23(34)32-25(35)37-27(4,5)15-18(3)19-11-7-8-12-21(19)28/h7-8,11-12,16-18H,6,9-10,13-15,28H2,1-5H3,(H,30,31,32,35)/t18-/m0/s1. The normalized spacial score (nSPS) is 14.8. The number of carbonyl (C=O) groups is 2. The van der Waals surface area contributed by atoms with E-state index < -0.39 is 17.8 Å². The minimum absolute atomic E-state index is 0.0112. The number of benzene rings is 1. The molecule has 1 aliphatic heterocycles. The van der Waals surface area contributed by atoms with Crippen LogP contribution in [0.15, 0.2) is 30.5 Å². The molecule has 0 spiro atoms. The molecule has 0 bridgehead atoms. The summed E-state index contributed by atoms with van der Waals surface area (Å²) in [6, 6.07) is 7.40. The molecule has 1 atom stereocenters. The number of nitrogen functional groups attached to an aromatic ring is 1. The zero-order chi connectivity index (χ0) is 28.2. The molecule has 3 aromatic rings. The molecule has 0 aliphatic carbocycles. The fraction of sp³-hybridized carbons (Fsp3) is 0.519. The van der Waals surface area contributed by atoms with E-state index in [-0.39, 0.29) is 23.8 Å². The Morgan fingerprint density at radius 1 is 1.08 bits per heavy atom. The third kappa shape index (κ3) is 6.87. The van der Waals surface area contributed by atoms with Gasteiger partial charge in [0.1, 0.15) is 5.60 Å². The van der Waals surface area contributed by atoms with E-state index >= 15 is 0 Å². The maximum atomic E-state index is 13.0. The molecule has 0 radical (unpaired) electrons. The molecule has 210 valence electrons. The Hall–Kier alpha value is -4.09. The molecule has 2 aromatic heterocycles. The molecule has 12 heteroatoms. The SMILES string of the molecule is CC(C)c1cnn2c(NC(=O)OC(C)(C)C[C@H](C)c3ccccc3N)nc(OOC(=O)N3CCCCC3)nc12. The van der Waals surface area contributed by atoms with Gasteiger partial charge in [0.05, 0.1) is 6.20 Å². The lowest BCUT2D eigenvalue weighted by molar-refractivity contribution is -0.161. The van der Waals surface area contributed by atoms with Crippen LogP contribution in [0.3, 0.4) is 0 Å². The number of piperidine rings is 1. The molecule has 3 N–H and O–H groups in total. The monoisotopic (exact) mass is 539 g/mol. The first-order chi connectivity index (χ1) is 18.5. The van der Waals surface area contributed by atoms with Gasteiger partial charge < -0.3 is 15.4 Å². The Labute approximate surface area is 227 Å². The van der Waals surface area contributed by atoms with Gasteiger partial charge in [0.2, 0.25) is 5.95 Å². The molecule has 3 heterocycles. The average molecular weight is 540 g/mol. The van der Waals surface area contributed by atoms with E-state index in [4.69, 9.17) is 20.2 Å². The number of fused-ring (bicyclic) bond motifs is 1. The van der Waals surface area contributed by atoms with Gasteiger partial charge in [0.25, 0.3) is 0 Å². The molecule has 12 nitrogen and oxygen atoms in total. The largest absolute Gasteiger partial charge is 0.453 e. The van der Waals surface area contributed by atoms with Gasteiger partial charge in [-0.15, -0.1) is 0 Å². The van der Waals surface area contributed by atoms with Crippen molar-refractivity contribution in [3.8, 4) is 6.01 Å². The topological polar surface area (TPSA) is 146 Å². The lowest BCUT2D eigenvalue weighted by atomic mass is 9.88. The number of aromatic nitrogens is 4. The van der Waals surface area contributed by atoms with Gasteiger partial charge in [-0.1, -0.05) is 39.0 Å². The van der Waals surface area contributed by atoms with Crippen molar-refractivity contribution < 1.29 is 24.1 Å². The zero-order valence-electron chi connectivity index (χ0n) is 23.1. The Bertz CT molecular complexity index is 1320. The second-order valence-electron chi connectivity index (χ2n) is 10.8. The van der Waals surface area contributed by atoms with Crippen LogP contribution in [-0.2, 0) is 9.62 Å². The molecule has 0 unspecified atom stereocenters. The lowest BCUT2D eigenvalue weighted by Gasteiger charge is -2.28. The number of rotatable bonds is 8. The van der Waals surface area contributed by atoms with E-state index in [9.17, 15) is 9.59 Å². The number of hydrogen-bond acceptors (Lipinski definition) is 9. The van der Waals surface area contributed by atoms with Crippen LogP contribution in [-0.4, -0.2) is 55.4 Å². The van der Waals surface area contributed by atoms with E-state index in [1.54, 1.807) is 11.1 Å². The van der Waals surface area contributed by atoms with Crippen LogP contribution >= 0.6 is 0 Å². The van der Waals surface area contributed by atoms with Crippen molar-refractivity contribution in [3.63, 3.8) is 0 Å². The summed E-state index contributed by atoms with van der Waals surface area (Å²) in [6.07, 6.45) is 3.74. The van der Waals surface area contributed by atoms with Gasteiger partial charge in [0.15, 0.2) is 5.65 Å². The Morgan fingerprint density at radius 3 is 2.49 bits per heavy atom. The number of hydrogen-bond donors (Lipinski definition) is 2. The molecule has 39 heavy (non-hydrogen) atoms. The molecule has 1 saturated heterocycles. The predicted molar refractivity (Wildman–Crippen MR) is 145 cm³/mol. The van der Waals surface area contributed by atoms with Gasteiger partial charge >= 0.3 is 18.2 Å². The third-order valence-corrected chi connectivity index (χ3v) is 6.71. The highest BCUT2D eigenvalue weighted by atomic mass is 17.2. The number of nitrogens with two attached hydrogens (primary N) is 1. The molecule has 1 aromatic carbocycles. The number of carbonyl (C=O) groups excluding carboxylic acids is 2. The number of nitrogens with zero attached hydrogens (tertiary/aromatic N) is 5. The summed E-state index contributed by atoms with van der Waals surface area (Å²) < 4.78 is 7.15. The first-order valence-corrected chi connectivity index (χ1v) is 13.3. The Balaban J connectivity index is 1.49. The molecule has 0 saturated carbocycles. The molecule has 1 aliphatic rings. The maximum absolute atomic E-state index is 13.0. The molecule has 2 amide bonds. The van der Waals surface area contributed by atoms with Gasteiger partial charge in [-0.25, -0.2) is 19.4 Å². The highest BCUT2D eigenvalue weighted by molar-refractivity contribution is 5.83. The minimum Gasteiger partial charge on any atom is -0.443 e. The van der Waals surface area contributed by atoms with Crippen molar-refractivity contribution in [2.24, 2.45) is 0 Å². The van der Waals surface area contributed by atoms with Gasteiger partial charge in [-0.3, -0.25) is 5.32 Å². The lowest BCUT2D eigenvalue weighted by Crippen LogP contribution is -2.36. The highest BCUT2D eigenvalue weighted by Gasteiger charge is 2.28. The van der Waals surface area contributed by atoms with Crippen molar-refractivity contribution in [2.45, 2.75) is 77.7 Å². The average Bonchev–Trinajstić information content (AvgIpc) is 3.32. The second kappa shape index (κ2) is 11.7.